The molecule has 0 aromatic carbocycles. The van der Waals surface area contributed by atoms with Crippen LogP contribution >= 0.6 is 0 Å². The van der Waals surface area contributed by atoms with Gasteiger partial charge in [0.25, 0.3) is 0 Å². The first-order chi connectivity index (χ1) is 10.0. The van der Waals surface area contributed by atoms with E-state index in [1.807, 2.05) is 0 Å². The van der Waals surface area contributed by atoms with Crippen molar-refractivity contribution in [2.45, 2.75) is 46.5 Å². The van der Waals surface area contributed by atoms with Crippen molar-refractivity contribution in [3.05, 3.63) is 11.6 Å². The Balaban J connectivity index is 4.50. The molecule has 0 saturated carbocycles. The maximum atomic E-state index is 11.5. The van der Waals surface area contributed by atoms with Crippen molar-refractivity contribution < 1.29 is 28.6 Å². The van der Waals surface area contributed by atoms with Crippen LogP contribution in [0.2, 0.25) is 0 Å². The Morgan fingerprint density at radius 1 is 0.714 bits per heavy atom. The lowest BCUT2D eigenvalue weighted by Crippen LogP contribution is -2.08. The lowest BCUT2D eigenvalue weighted by molar-refractivity contribution is -0.143. The van der Waals surface area contributed by atoms with E-state index < -0.39 is 5.97 Å². The van der Waals surface area contributed by atoms with Crippen LogP contribution in [0.25, 0.3) is 0 Å². The Morgan fingerprint density at radius 2 is 1.14 bits per heavy atom. The van der Waals surface area contributed by atoms with Gasteiger partial charge in [0.05, 0.1) is 19.8 Å². The van der Waals surface area contributed by atoms with Gasteiger partial charge >= 0.3 is 17.9 Å². The highest BCUT2D eigenvalue weighted by Gasteiger charge is 2.10. The summed E-state index contributed by atoms with van der Waals surface area (Å²) in [5.41, 5.74) is 0.676. The number of carbonyl (C=O) groups excluding carboxylic acids is 3. The molecule has 0 aromatic rings. The molecule has 0 amide bonds. The Labute approximate surface area is 125 Å². The van der Waals surface area contributed by atoms with E-state index in [9.17, 15) is 14.4 Å². The molecular weight excluding hydrogens is 276 g/mol. The summed E-state index contributed by atoms with van der Waals surface area (Å²) in [6.45, 7) is 6.08. The normalized spacial score (nSPS) is 9.67. The molecule has 0 aliphatic carbocycles. The second-order valence-electron chi connectivity index (χ2n) is 4.16. The van der Waals surface area contributed by atoms with Gasteiger partial charge < -0.3 is 14.2 Å². The first kappa shape index (κ1) is 19.1. The smallest absolute Gasteiger partial charge is 0.330 e. The third-order valence-electron chi connectivity index (χ3n) is 2.52. The van der Waals surface area contributed by atoms with Crippen LogP contribution in [-0.4, -0.2) is 37.7 Å². The van der Waals surface area contributed by atoms with Crippen LogP contribution in [0.4, 0.5) is 0 Å². The number of esters is 3. The van der Waals surface area contributed by atoms with E-state index in [-0.39, 0.29) is 31.4 Å². The van der Waals surface area contributed by atoms with Crippen LogP contribution < -0.4 is 0 Å². The Morgan fingerprint density at radius 3 is 1.52 bits per heavy atom. The fraction of sp³-hybridized carbons (Fsp3) is 0.667. The second-order valence-corrected chi connectivity index (χ2v) is 4.16. The van der Waals surface area contributed by atoms with Gasteiger partial charge in [0, 0.05) is 18.9 Å². The summed E-state index contributed by atoms with van der Waals surface area (Å²) in [5, 5.41) is 0. The summed E-state index contributed by atoms with van der Waals surface area (Å²) in [7, 11) is 0. The summed E-state index contributed by atoms with van der Waals surface area (Å²) in [5.74, 6) is -1.13. The number of allylic oxidation sites excluding steroid dienone is 1. The quantitative estimate of drug-likeness (QED) is 0.349. The minimum Gasteiger partial charge on any atom is -0.466 e. The van der Waals surface area contributed by atoms with Crippen molar-refractivity contribution in [2.75, 3.05) is 19.8 Å². The van der Waals surface area contributed by atoms with Crippen LogP contribution in [0, 0.1) is 0 Å². The van der Waals surface area contributed by atoms with Crippen molar-refractivity contribution in [3.8, 4) is 0 Å². The number of ether oxygens (including phenoxy) is 3. The first-order valence-corrected chi connectivity index (χ1v) is 7.20. The predicted octanol–water partition coefficient (Wildman–Crippen LogP) is 2.16. The second kappa shape index (κ2) is 11.9. The largest absolute Gasteiger partial charge is 0.466 e. The van der Waals surface area contributed by atoms with Crippen molar-refractivity contribution in [1.82, 2.24) is 0 Å². The average molecular weight is 300 g/mol. The van der Waals surface area contributed by atoms with Crippen molar-refractivity contribution in [2.24, 2.45) is 0 Å². The van der Waals surface area contributed by atoms with E-state index in [0.717, 1.165) is 0 Å². The maximum absolute atomic E-state index is 11.5. The molecule has 0 aliphatic heterocycles. The average Bonchev–Trinajstić information content (AvgIpc) is 2.42. The van der Waals surface area contributed by atoms with Crippen LogP contribution in [0.3, 0.4) is 0 Å². The number of carbonyl (C=O) groups is 3. The molecule has 0 atom stereocenters. The van der Waals surface area contributed by atoms with Gasteiger partial charge in [-0.1, -0.05) is 5.57 Å². The third kappa shape index (κ3) is 10.6. The molecule has 0 heterocycles. The first-order valence-electron chi connectivity index (χ1n) is 7.20. The van der Waals surface area contributed by atoms with Crippen molar-refractivity contribution in [3.63, 3.8) is 0 Å². The summed E-state index contributed by atoms with van der Waals surface area (Å²) in [6.07, 6.45) is 2.39. The molecule has 0 unspecified atom stereocenters. The van der Waals surface area contributed by atoms with Crippen molar-refractivity contribution in [1.29, 1.82) is 0 Å². The van der Waals surface area contributed by atoms with E-state index in [4.69, 9.17) is 14.2 Å². The molecule has 0 aliphatic rings. The van der Waals surface area contributed by atoms with Crippen LogP contribution in [0.5, 0.6) is 0 Å². The minimum absolute atomic E-state index is 0.169. The number of rotatable bonds is 10. The standard InChI is InChI=1S/C15H24O6/c1-4-19-13(16)9-7-12(11-15(18)21-6-3)8-10-14(17)20-5-2/h11H,4-10H2,1-3H3. The highest BCUT2D eigenvalue weighted by Crippen LogP contribution is 2.14. The van der Waals surface area contributed by atoms with Gasteiger partial charge in [0.15, 0.2) is 0 Å². The molecule has 6 nitrogen and oxygen atoms in total. The van der Waals surface area contributed by atoms with Gasteiger partial charge in [0.1, 0.15) is 0 Å². The maximum Gasteiger partial charge on any atom is 0.330 e. The molecule has 0 bridgehead atoms. The lowest BCUT2D eigenvalue weighted by atomic mass is 10.0. The molecule has 0 rings (SSSR count). The van der Waals surface area contributed by atoms with Gasteiger partial charge in [-0.25, -0.2) is 4.79 Å². The molecule has 0 N–H and O–H groups in total. The fourth-order valence-corrected chi connectivity index (χ4v) is 1.61. The third-order valence-corrected chi connectivity index (χ3v) is 2.52. The highest BCUT2D eigenvalue weighted by atomic mass is 16.5. The van der Waals surface area contributed by atoms with Crippen molar-refractivity contribution >= 4 is 17.9 Å². The van der Waals surface area contributed by atoms with Gasteiger partial charge in [-0.15, -0.1) is 0 Å². The zero-order valence-electron chi connectivity index (χ0n) is 13.0. The minimum atomic E-state index is -0.472. The summed E-state index contributed by atoms with van der Waals surface area (Å²) in [6, 6.07) is 0. The Hall–Kier alpha value is -1.85. The topological polar surface area (TPSA) is 78.9 Å². The van der Waals surface area contributed by atoms with Crippen LogP contribution in [-0.2, 0) is 28.6 Å². The highest BCUT2D eigenvalue weighted by molar-refractivity contribution is 5.83. The molecule has 0 radical (unpaired) electrons. The molecule has 0 spiro atoms. The Kier molecular flexibility index (Phi) is 10.9. The van der Waals surface area contributed by atoms with Crippen LogP contribution in [0.15, 0.2) is 11.6 Å². The zero-order chi connectivity index (χ0) is 16.1. The number of hydrogen-bond acceptors (Lipinski definition) is 6. The zero-order valence-corrected chi connectivity index (χ0v) is 13.0. The SMILES string of the molecule is CCOC(=O)C=C(CCC(=O)OCC)CCC(=O)OCC. The predicted molar refractivity (Wildman–Crippen MR) is 76.5 cm³/mol. The van der Waals surface area contributed by atoms with E-state index in [1.54, 1.807) is 20.8 Å². The molecule has 21 heavy (non-hydrogen) atoms. The number of hydrogen-bond donors (Lipinski definition) is 0. The monoisotopic (exact) mass is 300 g/mol. The molecule has 6 heteroatoms. The molecule has 120 valence electrons. The summed E-state index contributed by atoms with van der Waals surface area (Å²) in [4.78, 5) is 34.1. The van der Waals surface area contributed by atoms with E-state index >= 15 is 0 Å². The summed E-state index contributed by atoms with van der Waals surface area (Å²) >= 11 is 0. The molecule has 0 aromatic heterocycles. The Bertz CT molecular complexity index is 348. The van der Waals surface area contributed by atoms with Gasteiger partial charge in [0.2, 0.25) is 0 Å². The molecular formula is C15H24O6. The van der Waals surface area contributed by atoms with Gasteiger partial charge in [-0.3, -0.25) is 9.59 Å². The van der Waals surface area contributed by atoms with E-state index in [0.29, 0.717) is 31.6 Å². The molecule has 0 saturated heterocycles. The lowest BCUT2D eigenvalue weighted by Gasteiger charge is -2.07. The van der Waals surface area contributed by atoms with Gasteiger partial charge in [-0.05, 0) is 33.6 Å². The van der Waals surface area contributed by atoms with E-state index in [1.165, 1.54) is 6.08 Å². The van der Waals surface area contributed by atoms with Crippen LogP contribution in [0.1, 0.15) is 46.5 Å². The summed E-state index contributed by atoms with van der Waals surface area (Å²) < 4.78 is 14.5. The van der Waals surface area contributed by atoms with Gasteiger partial charge in [-0.2, -0.15) is 0 Å². The fourth-order valence-electron chi connectivity index (χ4n) is 1.61. The van der Waals surface area contributed by atoms with E-state index in [2.05, 4.69) is 0 Å². The molecule has 0 fully saturated rings.